The van der Waals surface area contributed by atoms with Crippen molar-refractivity contribution in [3.05, 3.63) is 28.3 Å². The number of anilines is 1. The molecule has 0 aliphatic heterocycles. The van der Waals surface area contributed by atoms with Crippen molar-refractivity contribution in [2.24, 2.45) is 0 Å². The van der Waals surface area contributed by atoms with E-state index in [1.165, 1.54) is 32.1 Å². The van der Waals surface area contributed by atoms with E-state index in [9.17, 15) is 14.9 Å². The molecule has 0 saturated heterocycles. The van der Waals surface area contributed by atoms with Gasteiger partial charge in [0.15, 0.2) is 0 Å². The number of methoxy groups -OCH3 is 1. The van der Waals surface area contributed by atoms with Gasteiger partial charge in [0.1, 0.15) is 11.4 Å². The minimum absolute atomic E-state index is 0.165. The van der Waals surface area contributed by atoms with Crippen LogP contribution >= 0.6 is 0 Å². The molecule has 0 spiro atoms. The summed E-state index contributed by atoms with van der Waals surface area (Å²) in [5.74, 6) is 0.155. The molecule has 2 rings (SSSR count). The molecule has 1 aromatic rings. The summed E-state index contributed by atoms with van der Waals surface area (Å²) >= 11 is 0. The number of nitro groups is 1. The van der Waals surface area contributed by atoms with E-state index in [2.05, 4.69) is 10.2 Å². The van der Waals surface area contributed by atoms with E-state index in [1.807, 2.05) is 6.92 Å². The number of benzene rings is 1. The number of nitrogens with one attached hydrogen (secondary N) is 1. The molecule has 1 saturated carbocycles. The number of rotatable bonds is 7. The Hall–Kier alpha value is -2.15. The third kappa shape index (κ3) is 4.41. The molecule has 7 heteroatoms. The molecule has 23 heavy (non-hydrogen) atoms. The zero-order valence-electron chi connectivity index (χ0n) is 13.6. The number of hydrogen-bond acceptors (Lipinski definition) is 5. The van der Waals surface area contributed by atoms with Crippen LogP contribution in [0.4, 0.5) is 11.4 Å². The molecule has 0 atom stereocenters. The second kappa shape index (κ2) is 7.92. The zero-order chi connectivity index (χ0) is 16.8. The van der Waals surface area contributed by atoms with Gasteiger partial charge < -0.3 is 10.1 Å². The quantitative estimate of drug-likeness (QED) is 0.616. The molecule has 1 N–H and O–H groups in total. The highest BCUT2D eigenvalue weighted by atomic mass is 16.6. The molecule has 0 heterocycles. The lowest BCUT2D eigenvalue weighted by atomic mass is 10.2. The predicted octanol–water partition coefficient (Wildman–Crippen LogP) is 2.81. The normalized spacial score (nSPS) is 14.9. The molecule has 1 amide bonds. The highest BCUT2D eigenvalue weighted by molar-refractivity contribution is 5.94. The lowest BCUT2D eigenvalue weighted by Crippen LogP contribution is -2.39. The van der Waals surface area contributed by atoms with Gasteiger partial charge in [-0.25, -0.2) is 0 Å². The van der Waals surface area contributed by atoms with Crippen LogP contribution in [0.2, 0.25) is 0 Å². The van der Waals surface area contributed by atoms with Gasteiger partial charge in [0.2, 0.25) is 5.91 Å². The molecule has 1 aromatic carbocycles. The third-order valence-corrected chi connectivity index (χ3v) is 4.27. The Morgan fingerprint density at radius 3 is 2.70 bits per heavy atom. The average molecular weight is 321 g/mol. The molecule has 7 nitrogen and oxygen atoms in total. The van der Waals surface area contributed by atoms with E-state index in [1.54, 1.807) is 6.07 Å². The van der Waals surface area contributed by atoms with E-state index in [4.69, 9.17) is 4.74 Å². The maximum atomic E-state index is 12.3. The molecule has 1 aliphatic rings. The van der Waals surface area contributed by atoms with Gasteiger partial charge in [-0.2, -0.15) is 0 Å². The van der Waals surface area contributed by atoms with Crippen LogP contribution in [0.3, 0.4) is 0 Å². The summed E-state index contributed by atoms with van der Waals surface area (Å²) in [6, 6.07) is 4.85. The van der Waals surface area contributed by atoms with E-state index in [-0.39, 0.29) is 23.8 Å². The Bertz CT molecular complexity index is 570. The number of ether oxygens (including phenoxy) is 1. The van der Waals surface area contributed by atoms with Gasteiger partial charge >= 0.3 is 0 Å². The van der Waals surface area contributed by atoms with Crippen molar-refractivity contribution in [3.63, 3.8) is 0 Å². The Labute approximate surface area is 135 Å². The van der Waals surface area contributed by atoms with Crippen LogP contribution in [0.25, 0.3) is 0 Å². The van der Waals surface area contributed by atoms with Crippen molar-refractivity contribution < 1.29 is 14.5 Å². The Morgan fingerprint density at radius 2 is 2.13 bits per heavy atom. The summed E-state index contributed by atoms with van der Waals surface area (Å²) in [6.45, 7) is 3.08. The monoisotopic (exact) mass is 321 g/mol. The maximum absolute atomic E-state index is 12.3. The summed E-state index contributed by atoms with van der Waals surface area (Å²) in [7, 11) is 1.44. The predicted molar refractivity (Wildman–Crippen MR) is 87.8 cm³/mol. The summed E-state index contributed by atoms with van der Waals surface area (Å²) < 4.78 is 4.99. The van der Waals surface area contributed by atoms with E-state index in [0.717, 1.165) is 19.4 Å². The van der Waals surface area contributed by atoms with Gasteiger partial charge in [-0.15, -0.1) is 0 Å². The van der Waals surface area contributed by atoms with Crippen molar-refractivity contribution in [1.29, 1.82) is 0 Å². The third-order valence-electron chi connectivity index (χ3n) is 4.27. The van der Waals surface area contributed by atoms with Gasteiger partial charge in [0.25, 0.3) is 5.69 Å². The number of carbonyl (C=O) groups excluding carboxylic acids is 1. The smallest absolute Gasteiger partial charge is 0.296 e. The van der Waals surface area contributed by atoms with Gasteiger partial charge in [0.05, 0.1) is 24.6 Å². The van der Waals surface area contributed by atoms with Crippen LogP contribution in [-0.4, -0.2) is 42.0 Å². The van der Waals surface area contributed by atoms with Crippen LogP contribution in [0.5, 0.6) is 5.75 Å². The van der Waals surface area contributed by atoms with Crippen LogP contribution in [-0.2, 0) is 4.79 Å². The first-order valence-electron chi connectivity index (χ1n) is 7.91. The molecule has 1 fully saturated rings. The second-order valence-corrected chi connectivity index (χ2v) is 5.69. The summed E-state index contributed by atoms with van der Waals surface area (Å²) in [5.41, 5.74) is 0.0323. The summed E-state index contributed by atoms with van der Waals surface area (Å²) in [6.07, 6.45) is 4.63. The zero-order valence-corrected chi connectivity index (χ0v) is 13.6. The second-order valence-electron chi connectivity index (χ2n) is 5.69. The topological polar surface area (TPSA) is 84.7 Å². The maximum Gasteiger partial charge on any atom is 0.296 e. The first-order chi connectivity index (χ1) is 11.0. The van der Waals surface area contributed by atoms with Gasteiger partial charge in [-0.3, -0.25) is 19.8 Å². The fraction of sp³-hybridized carbons (Fsp3) is 0.562. The van der Waals surface area contributed by atoms with Crippen LogP contribution in [0.15, 0.2) is 18.2 Å². The molecule has 1 aliphatic carbocycles. The minimum Gasteiger partial charge on any atom is -0.496 e. The highest BCUT2D eigenvalue weighted by Gasteiger charge is 2.24. The highest BCUT2D eigenvalue weighted by Crippen LogP contribution is 2.29. The van der Waals surface area contributed by atoms with Crippen molar-refractivity contribution in [2.45, 2.75) is 38.6 Å². The van der Waals surface area contributed by atoms with Crippen molar-refractivity contribution in [2.75, 3.05) is 25.5 Å². The van der Waals surface area contributed by atoms with Crippen LogP contribution in [0, 0.1) is 10.1 Å². The largest absolute Gasteiger partial charge is 0.496 e. The number of nitrogens with zero attached hydrogens (tertiary/aromatic N) is 2. The Morgan fingerprint density at radius 1 is 1.43 bits per heavy atom. The molecule has 0 unspecified atom stereocenters. The number of carbonyl (C=O) groups is 1. The average Bonchev–Trinajstić information content (AvgIpc) is 3.07. The van der Waals surface area contributed by atoms with Crippen LogP contribution < -0.4 is 10.1 Å². The van der Waals surface area contributed by atoms with Crippen molar-refractivity contribution in [1.82, 2.24) is 4.90 Å². The van der Waals surface area contributed by atoms with E-state index < -0.39 is 4.92 Å². The lowest BCUT2D eigenvalue weighted by Gasteiger charge is -2.26. The fourth-order valence-corrected chi connectivity index (χ4v) is 3.04. The minimum atomic E-state index is -0.521. The lowest BCUT2D eigenvalue weighted by molar-refractivity contribution is -0.384. The van der Waals surface area contributed by atoms with E-state index in [0.29, 0.717) is 11.8 Å². The molecule has 0 radical (unpaired) electrons. The number of amides is 1. The van der Waals surface area contributed by atoms with E-state index >= 15 is 0 Å². The summed E-state index contributed by atoms with van der Waals surface area (Å²) in [5, 5.41) is 13.8. The van der Waals surface area contributed by atoms with Crippen LogP contribution in [0.1, 0.15) is 32.6 Å². The Balaban J connectivity index is 2.05. The fourth-order valence-electron chi connectivity index (χ4n) is 3.04. The molecular formula is C16H23N3O4. The van der Waals surface area contributed by atoms with Gasteiger partial charge in [-0.05, 0) is 31.5 Å². The van der Waals surface area contributed by atoms with Gasteiger partial charge in [0, 0.05) is 6.04 Å². The SMILES string of the molecule is CCN(CC(=O)Nc1ccc(OC)cc1[N+](=O)[O-])C1CCCC1. The first kappa shape index (κ1) is 17.2. The summed E-state index contributed by atoms with van der Waals surface area (Å²) in [4.78, 5) is 25.0. The first-order valence-corrected chi connectivity index (χ1v) is 7.91. The number of nitro benzene ring substituents is 1. The van der Waals surface area contributed by atoms with Gasteiger partial charge in [-0.1, -0.05) is 19.8 Å². The standard InChI is InChI=1S/C16H23N3O4/c1-3-18(12-6-4-5-7-12)11-16(20)17-14-9-8-13(23-2)10-15(14)19(21)22/h8-10,12H,3-7,11H2,1-2H3,(H,17,20). The molecular weight excluding hydrogens is 298 g/mol. The van der Waals surface area contributed by atoms with Crippen molar-refractivity contribution >= 4 is 17.3 Å². The molecule has 126 valence electrons. The molecule has 0 aromatic heterocycles. The van der Waals surface area contributed by atoms with Crippen molar-refractivity contribution in [3.8, 4) is 5.75 Å². The number of likely N-dealkylation sites (N-methyl/N-ethyl adjacent to an activating group) is 1. The number of hydrogen-bond donors (Lipinski definition) is 1. The molecule has 0 bridgehead atoms. The Kier molecular flexibility index (Phi) is 5.92.